The lowest BCUT2D eigenvalue weighted by atomic mass is 10.0. The first kappa shape index (κ1) is 18.6. The van der Waals surface area contributed by atoms with Crippen molar-refractivity contribution in [1.82, 2.24) is 19.8 Å². The molecule has 0 spiro atoms. The number of amides is 1. The van der Waals surface area contributed by atoms with Gasteiger partial charge in [-0.1, -0.05) is 13.8 Å². The highest BCUT2D eigenvalue weighted by molar-refractivity contribution is 7.18. The van der Waals surface area contributed by atoms with Gasteiger partial charge in [-0.25, -0.2) is 4.98 Å². The fraction of sp³-hybridized carbons (Fsp3) is 0.588. The zero-order valence-electron chi connectivity index (χ0n) is 15.2. The van der Waals surface area contributed by atoms with Gasteiger partial charge in [-0.3, -0.25) is 14.2 Å². The molecule has 1 amide bonds. The van der Waals surface area contributed by atoms with Crippen molar-refractivity contribution in [3.8, 4) is 0 Å². The van der Waals surface area contributed by atoms with Crippen molar-refractivity contribution in [3.05, 3.63) is 27.1 Å². The van der Waals surface area contributed by atoms with Gasteiger partial charge in [0.05, 0.1) is 11.7 Å². The maximum atomic E-state index is 12.6. The third-order valence-electron chi connectivity index (χ3n) is 4.41. The number of aryl methyl sites for hydroxylation is 2. The minimum absolute atomic E-state index is 0.00560. The van der Waals surface area contributed by atoms with Crippen molar-refractivity contribution in [2.45, 2.75) is 40.3 Å². The summed E-state index contributed by atoms with van der Waals surface area (Å²) in [5, 5.41) is 3.55. The lowest BCUT2D eigenvalue weighted by Crippen LogP contribution is -2.44. The van der Waals surface area contributed by atoms with Crippen LogP contribution < -0.4 is 10.9 Å². The summed E-state index contributed by atoms with van der Waals surface area (Å²) in [5.74, 6) is 0.257. The van der Waals surface area contributed by atoms with Gasteiger partial charge in [0.1, 0.15) is 11.4 Å². The van der Waals surface area contributed by atoms with Gasteiger partial charge in [-0.2, -0.15) is 0 Å². The predicted octanol–water partition coefficient (Wildman–Crippen LogP) is 1.78. The van der Waals surface area contributed by atoms with E-state index in [0.29, 0.717) is 17.8 Å². The van der Waals surface area contributed by atoms with Gasteiger partial charge >= 0.3 is 0 Å². The molecule has 1 atom stereocenters. The molecule has 0 aliphatic rings. The molecule has 132 valence electrons. The van der Waals surface area contributed by atoms with Crippen LogP contribution in [0.1, 0.15) is 24.3 Å². The number of carbonyl (C=O) groups is 1. The predicted molar refractivity (Wildman–Crippen MR) is 98.7 cm³/mol. The Labute approximate surface area is 146 Å². The number of hydrogen-bond donors (Lipinski definition) is 1. The van der Waals surface area contributed by atoms with E-state index in [1.165, 1.54) is 22.2 Å². The van der Waals surface area contributed by atoms with Crippen LogP contribution in [0.5, 0.6) is 0 Å². The van der Waals surface area contributed by atoms with E-state index in [1.54, 1.807) is 0 Å². The number of carbonyl (C=O) groups excluding carboxylic acids is 1. The Bertz CT molecular complexity index is 784. The molecule has 0 radical (unpaired) electrons. The maximum Gasteiger partial charge on any atom is 0.262 e. The van der Waals surface area contributed by atoms with E-state index in [2.05, 4.69) is 29.0 Å². The molecule has 0 saturated carbocycles. The summed E-state index contributed by atoms with van der Waals surface area (Å²) in [6, 6.07) is 0.257. The van der Waals surface area contributed by atoms with Crippen molar-refractivity contribution in [2.24, 2.45) is 5.92 Å². The number of likely N-dealkylation sites (N-methyl/N-ethyl adjacent to an activating group) is 1. The van der Waals surface area contributed by atoms with Gasteiger partial charge in [0.2, 0.25) is 5.91 Å². The molecule has 0 aliphatic carbocycles. The van der Waals surface area contributed by atoms with Gasteiger partial charge in [-0.15, -0.1) is 11.3 Å². The summed E-state index contributed by atoms with van der Waals surface area (Å²) < 4.78 is 1.39. The molecule has 2 aromatic rings. The Morgan fingerprint density at radius 3 is 2.62 bits per heavy atom. The summed E-state index contributed by atoms with van der Waals surface area (Å²) >= 11 is 1.51. The van der Waals surface area contributed by atoms with Crippen molar-refractivity contribution in [2.75, 3.05) is 20.6 Å². The molecule has 7 heteroatoms. The lowest BCUT2D eigenvalue weighted by Gasteiger charge is -2.28. The van der Waals surface area contributed by atoms with E-state index in [4.69, 9.17) is 0 Å². The van der Waals surface area contributed by atoms with Gasteiger partial charge in [0.25, 0.3) is 5.56 Å². The van der Waals surface area contributed by atoms with Crippen molar-refractivity contribution >= 4 is 27.5 Å². The number of rotatable bonds is 6. The second kappa shape index (κ2) is 7.44. The molecule has 2 rings (SSSR count). The number of hydrogen-bond acceptors (Lipinski definition) is 5. The van der Waals surface area contributed by atoms with Gasteiger partial charge in [0.15, 0.2) is 0 Å². The highest BCUT2D eigenvalue weighted by Gasteiger charge is 2.17. The van der Waals surface area contributed by atoms with Crippen LogP contribution in [0.25, 0.3) is 10.2 Å². The summed E-state index contributed by atoms with van der Waals surface area (Å²) in [6.07, 6.45) is 1.46. The quantitative estimate of drug-likeness (QED) is 0.862. The van der Waals surface area contributed by atoms with E-state index in [9.17, 15) is 9.59 Å². The highest BCUT2D eigenvalue weighted by Crippen LogP contribution is 2.25. The molecule has 0 bridgehead atoms. The van der Waals surface area contributed by atoms with Crippen LogP contribution in [0.2, 0.25) is 0 Å². The zero-order valence-corrected chi connectivity index (χ0v) is 16.0. The number of aromatic nitrogens is 2. The highest BCUT2D eigenvalue weighted by atomic mass is 32.1. The lowest BCUT2D eigenvalue weighted by molar-refractivity contribution is -0.122. The van der Waals surface area contributed by atoms with Crippen LogP contribution in [0.15, 0.2) is 11.1 Å². The van der Waals surface area contributed by atoms with Crippen molar-refractivity contribution < 1.29 is 4.79 Å². The molecule has 0 aliphatic heterocycles. The van der Waals surface area contributed by atoms with E-state index < -0.39 is 0 Å². The van der Waals surface area contributed by atoms with Crippen LogP contribution in [-0.2, 0) is 11.3 Å². The Kier molecular flexibility index (Phi) is 5.77. The molecule has 2 heterocycles. The summed E-state index contributed by atoms with van der Waals surface area (Å²) in [5.41, 5.74) is 0.805. The standard InChI is InChI=1S/C17H26N4O2S/c1-10(2)13(20(5)6)7-18-14(22)8-21-9-19-16-15(17(21)23)11(3)12(4)24-16/h9-10,13H,7-8H2,1-6H3,(H,18,22). The molecular formula is C17H26N4O2S. The second-order valence-electron chi connectivity index (χ2n) is 6.72. The molecule has 1 unspecified atom stereocenters. The molecule has 0 saturated heterocycles. The average Bonchev–Trinajstić information content (AvgIpc) is 2.77. The molecule has 6 nitrogen and oxygen atoms in total. The Hall–Kier alpha value is -1.73. The SMILES string of the molecule is Cc1sc2ncn(CC(=O)NCC(C(C)C)N(C)C)c(=O)c2c1C. The smallest absolute Gasteiger partial charge is 0.262 e. The largest absolute Gasteiger partial charge is 0.353 e. The van der Waals surface area contributed by atoms with Crippen molar-refractivity contribution in [3.63, 3.8) is 0 Å². The third-order valence-corrected chi connectivity index (χ3v) is 5.53. The first-order valence-electron chi connectivity index (χ1n) is 8.10. The minimum Gasteiger partial charge on any atom is -0.353 e. The maximum absolute atomic E-state index is 12.6. The fourth-order valence-electron chi connectivity index (χ4n) is 2.83. The van der Waals surface area contributed by atoms with Crippen LogP contribution >= 0.6 is 11.3 Å². The van der Waals surface area contributed by atoms with Crippen LogP contribution in [0.4, 0.5) is 0 Å². The number of fused-ring (bicyclic) bond motifs is 1. The van der Waals surface area contributed by atoms with E-state index >= 15 is 0 Å². The normalized spacial score (nSPS) is 13.0. The number of nitrogens with one attached hydrogen (secondary N) is 1. The topological polar surface area (TPSA) is 67.2 Å². The summed E-state index contributed by atoms with van der Waals surface area (Å²) in [7, 11) is 4.00. The van der Waals surface area contributed by atoms with Crippen molar-refractivity contribution in [1.29, 1.82) is 0 Å². The second-order valence-corrected chi connectivity index (χ2v) is 7.92. The monoisotopic (exact) mass is 350 g/mol. The van der Waals surface area contributed by atoms with Gasteiger partial charge in [0, 0.05) is 17.5 Å². The Balaban J connectivity index is 2.12. The van der Waals surface area contributed by atoms with Crippen LogP contribution in [-0.4, -0.2) is 47.0 Å². The fourth-order valence-corrected chi connectivity index (χ4v) is 3.81. The Morgan fingerprint density at radius 2 is 2.04 bits per heavy atom. The third kappa shape index (κ3) is 3.84. The van der Waals surface area contributed by atoms with Gasteiger partial charge in [-0.05, 0) is 39.4 Å². The molecule has 0 aromatic carbocycles. The van der Waals surface area contributed by atoms with E-state index in [0.717, 1.165) is 15.3 Å². The first-order chi connectivity index (χ1) is 11.2. The van der Waals surface area contributed by atoms with E-state index in [-0.39, 0.29) is 24.1 Å². The molecule has 0 fully saturated rings. The molecule has 1 N–H and O–H groups in total. The molecular weight excluding hydrogens is 324 g/mol. The first-order valence-corrected chi connectivity index (χ1v) is 8.92. The number of nitrogens with zero attached hydrogens (tertiary/aromatic N) is 3. The molecule has 2 aromatic heterocycles. The van der Waals surface area contributed by atoms with E-state index in [1.807, 2.05) is 27.9 Å². The van der Waals surface area contributed by atoms with Crippen LogP contribution in [0.3, 0.4) is 0 Å². The number of thiophene rings is 1. The molecule has 24 heavy (non-hydrogen) atoms. The minimum atomic E-state index is -0.171. The summed E-state index contributed by atoms with van der Waals surface area (Å²) in [6.45, 7) is 8.71. The average molecular weight is 350 g/mol. The van der Waals surface area contributed by atoms with Crippen LogP contribution in [0, 0.1) is 19.8 Å². The van der Waals surface area contributed by atoms with Gasteiger partial charge < -0.3 is 10.2 Å². The summed E-state index contributed by atoms with van der Waals surface area (Å²) in [4.78, 5) is 33.1. The zero-order chi connectivity index (χ0) is 18.0. The Morgan fingerprint density at radius 1 is 1.38 bits per heavy atom.